The van der Waals surface area contributed by atoms with Crippen LogP contribution in [0, 0.1) is 0 Å². The minimum atomic E-state index is -0.545. The Hall–Kier alpha value is -3.51. The number of aromatic hydroxyl groups is 1. The second kappa shape index (κ2) is 15.6. The lowest BCUT2D eigenvalue weighted by molar-refractivity contribution is -0.157. The molecule has 0 bridgehead atoms. The van der Waals surface area contributed by atoms with Gasteiger partial charge in [-0.3, -0.25) is 0 Å². The van der Waals surface area contributed by atoms with Crippen molar-refractivity contribution in [3.63, 3.8) is 0 Å². The number of hydrogen-bond acceptors (Lipinski definition) is 6. The van der Waals surface area contributed by atoms with Gasteiger partial charge >= 0.3 is 5.97 Å². The van der Waals surface area contributed by atoms with E-state index in [2.05, 4.69) is 38.1 Å². The maximum atomic E-state index is 12.1. The fraction of sp³-hybridized carbons (Fsp3) is 0.472. The van der Waals surface area contributed by atoms with Crippen LogP contribution in [0.5, 0.6) is 17.2 Å². The fourth-order valence-electron chi connectivity index (χ4n) is 5.24. The molecule has 6 heteroatoms. The summed E-state index contributed by atoms with van der Waals surface area (Å²) < 4.78 is 22.4. The van der Waals surface area contributed by atoms with Crippen molar-refractivity contribution in [3.8, 4) is 17.2 Å². The third-order valence-electron chi connectivity index (χ3n) is 7.35. The highest BCUT2D eigenvalue weighted by Gasteiger charge is 2.23. The monoisotopic (exact) mass is 576 g/mol. The highest BCUT2D eigenvalue weighted by Crippen LogP contribution is 2.39. The van der Waals surface area contributed by atoms with Crippen LogP contribution < -0.4 is 9.47 Å². The van der Waals surface area contributed by atoms with Crippen LogP contribution >= 0.6 is 0 Å². The van der Waals surface area contributed by atoms with Gasteiger partial charge in [0, 0.05) is 6.61 Å². The van der Waals surface area contributed by atoms with E-state index in [0.29, 0.717) is 24.2 Å². The number of ether oxygens (including phenoxy) is 4. The highest BCUT2D eigenvalue weighted by molar-refractivity contribution is 5.71. The van der Waals surface area contributed by atoms with Gasteiger partial charge in [-0.15, -0.1) is 0 Å². The fourth-order valence-corrected chi connectivity index (χ4v) is 5.24. The molecule has 0 aliphatic heterocycles. The van der Waals surface area contributed by atoms with Crippen molar-refractivity contribution in [2.45, 2.75) is 97.4 Å². The number of benzene rings is 3. The molecule has 0 amide bonds. The van der Waals surface area contributed by atoms with Crippen molar-refractivity contribution < 1.29 is 28.8 Å². The van der Waals surface area contributed by atoms with Crippen LogP contribution in [0.15, 0.2) is 72.8 Å². The van der Waals surface area contributed by atoms with Crippen LogP contribution in [0.2, 0.25) is 0 Å². The maximum absolute atomic E-state index is 12.1. The van der Waals surface area contributed by atoms with E-state index in [9.17, 15) is 9.90 Å². The molecule has 0 heterocycles. The molecule has 42 heavy (non-hydrogen) atoms. The topological polar surface area (TPSA) is 74.2 Å². The largest absolute Gasteiger partial charge is 0.508 e. The molecule has 3 rings (SSSR count). The minimum absolute atomic E-state index is 0.126. The van der Waals surface area contributed by atoms with Gasteiger partial charge in [0.1, 0.15) is 22.8 Å². The van der Waals surface area contributed by atoms with Crippen molar-refractivity contribution in [1.82, 2.24) is 0 Å². The van der Waals surface area contributed by atoms with E-state index in [1.165, 1.54) is 16.7 Å². The summed E-state index contributed by atoms with van der Waals surface area (Å²) in [6, 6.07) is 24.0. The number of rotatable bonds is 15. The van der Waals surface area contributed by atoms with Crippen LogP contribution in [-0.4, -0.2) is 36.2 Å². The van der Waals surface area contributed by atoms with Gasteiger partial charge < -0.3 is 24.1 Å². The van der Waals surface area contributed by atoms with Crippen molar-refractivity contribution in [1.29, 1.82) is 0 Å². The second-order valence-electron chi connectivity index (χ2n) is 11.9. The number of phenols is 1. The third-order valence-corrected chi connectivity index (χ3v) is 7.35. The molecule has 0 aliphatic carbocycles. The van der Waals surface area contributed by atoms with Gasteiger partial charge in [0.15, 0.2) is 12.9 Å². The van der Waals surface area contributed by atoms with E-state index < -0.39 is 5.60 Å². The van der Waals surface area contributed by atoms with E-state index in [-0.39, 0.29) is 30.5 Å². The zero-order chi connectivity index (χ0) is 30.7. The predicted molar refractivity (Wildman–Crippen MR) is 167 cm³/mol. The minimum Gasteiger partial charge on any atom is -0.508 e. The molecule has 4 unspecified atom stereocenters. The lowest BCUT2D eigenvalue weighted by Gasteiger charge is -2.27. The zero-order valence-corrected chi connectivity index (χ0v) is 26.3. The molecule has 0 aromatic heterocycles. The van der Waals surface area contributed by atoms with Crippen LogP contribution in [0.3, 0.4) is 0 Å². The smallest absolute Gasteiger partial charge is 0.344 e. The first-order valence-electron chi connectivity index (χ1n) is 15.1. The zero-order valence-electron chi connectivity index (χ0n) is 26.3. The molecule has 3 aromatic carbocycles. The molecule has 0 radical (unpaired) electrons. The van der Waals surface area contributed by atoms with Crippen molar-refractivity contribution in [2.24, 2.45) is 0 Å². The Morgan fingerprint density at radius 2 is 1.31 bits per heavy atom. The molecule has 0 saturated carbocycles. The molecule has 0 spiro atoms. The molecular formula is C36H48O6. The molecular weight excluding hydrogens is 528 g/mol. The summed E-state index contributed by atoms with van der Waals surface area (Å²) in [4.78, 5) is 12.1. The summed E-state index contributed by atoms with van der Waals surface area (Å²) in [5, 5.41) is 9.81. The lowest BCUT2D eigenvalue weighted by Crippen LogP contribution is -2.27. The summed E-state index contributed by atoms with van der Waals surface area (Å²) in [5.74, 6) is 2.27. The van der Waals surface area contributed by atoms with Gasteiger partial charge in [-0.25, -0.2) is 4.79 Å². The maximum Gasteiger partial charge on any atom is 0.344 e. The number of carbonyl (C=O) groups excluding carboxylic acids is 1. The second-order valence-corrected chi connectivity index (χ2v) is 11.9. The molecule has 6 nitrogen and oxygen atoms in total. The Labute approximate surface area is 252 Å². The standard InChI is InChI=1S/C36H48O6/c1-8-27(29-10-16-32(37)17-11-29)23-31(22-25(3)28-12-20-34(21-13-28)41-26(4)39-9-2)30-14-18-33(19-15-30)40-24-35(38)42-36(5,6)7/h10-21,25-27,31,37H,8-9,22-24H2,1-7H3. The van der Waals surface area contributed by atoms with Crippen LogP contribution in [-0.2, 0) is 14.3 Å². The summed E-state index contributed by atoms with van der Waals surface area (Å²) in [5.41, 5.74) is 3.17. The summed E-state index contributed by atoms with van der Waals surface area (Å²) >= 11 is 0. The van der Waals surface area contributed by atoms with Crippen molar-refractivity contribution in [2.75, 3.05) is 13.2 Å². The van der Waals surface area contributed by atoms with Crippen molar-refractivity contribution in [3.05, 3.63) is 89.5 Å². The first-order valence-corrected chi connectivity index (χ1v) is 15.1. The van der Waals surface area contributed by atoms with E-state index in [1.54, 1.807) is 12.1 Å². The van der Waals surface area contributed by atoms with E-state index in [4.69, 9.17) is 18.9 Å². The normalized spacial score (nSPS) is 14.5. The lowest BCUT2D eigenvalue weighted by atomic mass is 9.78. The molecule has 0 fully saturated rings. The molecule has 0 saturated heterocycles. The first-order chi connectivity index (χ1) is 20.0. The number of carbonyl (C=O) groups is 1. The molecule has 1 N–H and O–H groups in total. The SMILES string of the molecule is CCOC(C)Oc1ccc(C(C)CC(CC(CC)c2ccc(O)cc2)c2ccc(OCC(=O)OC(C)(C)C)cc2)cc1. The van der Waals surface area contributed by atoms with Gasteiger partial charge in [0.25, 0.3) is 0 Å². The number of phenolic OH excluding ortho intramolecular Hbond substituents is 1. The first kappa shape index (κ1) is 33.0. The Kier molecular flexibility index (Phi) is 12.3. The quantitative estimate of drug-likeness (QED) is 0.144. The summed E-state index contributed by atoms with van der Waals surface area (Å²) in [7, 11) is 0. The van der Waals surface area contributed by atoms with Gasteiger partial charge in [-0.05, 0) is 125 Å². The highest BCUT2D eigenvalue weighted by atomic mass is 16.7. The van der Waals surface area contributed by atoms with E-state index in [0.717, 1.165) is 25.0 Å². The Morgan fingerprint density at radius 3 is 1.88 bits per heavy atom. The number of hydrogen-bond donors (Lipinski definition) is 1. The number of esters is 1. The molecule has 228 valence electrons. The van der Waals surface area contributed by atoms with Crippen molar-refractivity contribution >= 4 is 5.97 Å². The molecule has 4 atom stereocenters. The Morgan fingerprint density at radius 1 is 0.762 bits per heavy atom. The van der Waals surface area contributed by atoms with Crippen LogP contribution in [0.4, 0.5) is 0 Å². The predicted octanol–water partition coefficient (Wildman–Crippen LogP) is 8.74. The molecule has 0 aliphatic rings. The van der Waals surface area contributed by atoms with E-state index in [1.807, 2.05) is 71.0 Å². The van der Waals surface area contributed by atoms with Gasteiger partial charge in [0.05, 0.1) is 0 Å². The summed E-state index contributed by atoms with van der Waals surface area (Å²) in [6.45, 7) is 14.3. The Bertz CT molecular complexity index is 1210. The van der Waals surface area contributed by atoms with Gasteiger partial charge in [0.2, 0.25) is 0 Å². The third kappa shape index (κ3) is 10.7. The average Bonchev–Trinajstić information content (AvgIpc) is 2.94. The van der Waals surface area contributed by atoms with Gasteiger partial charge in [-0.1, -0.05) is 50.2 Å². The average molecular weight is 577 g/mol. The summed E-state index contributed by atoms with van der Waals surface area (Å²) in [6.07, 6.45) is 2.64. The van der Waals surface area contributed by atoms with E-state index >= 15 is 0 Å². The molecule has 3 aromatic rings. The van der Waals surface area contributed by atoms with Gasteiger partial charge in [-0.2, -0.15) is 0 Å². The van der Waals surface area contributed by atoms with Crippen LogP contribution in [0.25, 0.3) is 0 Å². The Balaban J connectivity index is 1.77. The van der Waals surface area contributed by atoms with Crippen LogP contribution in [0.1, 0.15) is 102 Å².